The third-order valence-electron chi connectivity index (χ3n) is 3.11. The number of aliphatic carboxylic acids is 1. The van der Waals surface area contributed by atoms with E-state index in [4.69, 9.17) is 5.11 Å². The Morgan fingerprint density at radius 3 is 1.76 bits per heavy atom. The van der Waals surface area contributed by atoms with E-state index in [1.165, 1.54) is 0 Å². The van der Waals surface area contributed by atoms with Gasteiger partial charge in [0, 0.05) is 9.05 Å². The summed E-state index contributed by atoms with van der Waals surface area (Å²) in [6.45, 7) is 0. The average molecular weight is 252 g/mol. The molecule has 96 valence electrons. The van der Waals surface area contributed by atoms with E-state index in [0.29, 0.717) is 0 Å². The molecule has 8 heteroatoms. The lowest BCUT2D eigenvalue weighted by Gasteiger charge is -2.31. The maximum Gasteiger partial charge on any atom is 0.366 e. The Morgan fingerprint density at radius 1 is 1.06 bits per heavy atom. The minimum Gasteiger partial charge on any atom is -0.481 e. The minimum atomic E-state index is -2.07. The highest BCUT2D eigenvalue weighted by Gasteiger charge is 2.53. The van der Waals surface area contributed by atoms with Crippen LogP contribution >= 0.6 is 0 Å². The molecular weight excluding hydrogens is 242 g/mol. The van der Waals surface area contributed by atoms with Crippen LogP contribution in [0.25, 0.3) is 0 Å². The number of carboxylic acid groups (broad SMARTS) is 1. The van der Waals surface area contributed by atoms with E-state index in [9.17, 15) is 23.4 Å². The maximum absolute atomic E-state index is 11.9. The van der Waals surface area contributed by atoms with E-state index in [1.54, 1.807) is 0 Å². The zero-order valence-electron chi connectivity index (χ0n) is 8.65. The third-order valence-corrected chi connectivity index (χ3v) is 3.11. The molecule has 0 aromatic rings. The summed E-state index contributed by atoms with van der Waals surface area (Å²) in [5.74, 6) is -4.93. The van der Waals surface area contributed by atoms with Crippen molar-refractivity contribution in [2.24, 2.45) is 11.3 Å². The fraction of sp³-hybridized carbons (Fsp3) is 0.667. The zero-order chi connectivity index (χ0) is 13.1. The Bertz CT molecular complexity index is 316. The van der Waals surface area contributed by atoms with Gasteiger partial charge in [-0.05, 0) is 25.7 Å². The van der Waals surface area contributed by atoms with Crippen molar-refractivity contribution in [1.29, 1.82) is 0 Å². The molecule has 0 saturated heterocycles. The number of hydrogen-bond acceptors (Lipinski definition) is 5. The average Bonchev–Trinajstić information content (AvgIpc) is 2.36. The molecule has 1 aliphatic carbocycles. The van der Waals surface area contributed by atoms with Gasteiger partial charge in [-0.2, -0.15) is 0 Å². The first kappa shape index (κ1) is 13.3. The Hall–Kier alpha value is -1.73. The Kier molecular flexibility index (Phi) is 3.97. The van der Waals surface area contributed by atoms with Crippen molar-refractivity contribution in [2.75, 3.05) is 0 Å². The van der Waals surface area contributed by atoms with Gasteiger partial charge >= 0.3 is 17.9 Å². The van der Waals surface area contributed by atoms with E-state index >= 15 is 0 Å². The highest BCUT2D eigenvalue weighted by molar-refractivity contribution is 5.99. The second-order valence-corrected chi connectivity index (χ2v) is 3.92. The van der Waals surface area contributed by atoms with Crippen molar-refractivity contribution >= 4 is 17.9 Å². The first-order valence-corrected chi connectivity index (χ1v) is 4.87. The predicted octanol–water partition coefficient (Wildman–Crippen LogP) is 1.10. The molecule has 0 amide bonds. The van der Waals surface area contributed by atoms with Crippen LogP contribution in [0.2, 0.25) is 0 Å². The SMILES string of the molecule is O=C(O)C1CCC(C(=O)OF)(C(=O)OF)CC1. The molecule has 0 unspecified atom stereocenters. The molecule has 0 bridgehead atoms. The lowest BCUT2D eigenvalue weighted by molar-refractivity contribution is -0.220. The van der Waals surface area contributed by atoms with Crippen LogP contribution in [0.15, 0.2) is 0 Å². The van der Waals surface area contributed by atoms with Crippen molar-refractivity contribution in [3.8, 4) is 0 Å². The summed E-state index contributed by atoms with van der Waals surface area (Å²) < 4.78 is 23.7. The fourth-order valence-corrected chi connectivity index (χ4v) is 2.00. The smallest absolute Gasteiger partial charge is 0.366 e. The van der Waals surface area contributed by atoms with Crippen LogP contribution in [-0.2, 0) is 24.3 Å². The summed E-state index contributed by atoms with van der Waals surface area (Å²) in [5, 5.41) is 8.72. The third kappa shape index (κ3) is 2.34. The summed E-state index contributed by atoms with van der Waals surface area (Å²) in [7, 11) is 0. The van der Waals surface area contributed by atoms with Gasteiger partial charge in [-0.3, -0.25) is 14.7 Å². The van der Waals surface area contributed by atoms with E-state index in [2.05, 4.69) is 9.88 Å². The van der Waals surface area contributed by atoms with Crippen molar-refractivity contribution < 1.29 is 38.4 Å². The van der Waals surface area contributed by atoms with Gasteiger partial charge in [-0.15, -0.1) is 0 Å². The van der Waals surface area contributed by atoms with Crippen LogP contribution in [0.1, 0.15) is 25.7 Å². The van der Waals surface area contributed by atoms with Crippen molar-refractivity contribution in [1.82, 2.24) is 0 Å². The van der Waals surface area contributed by atoms with Gasteiger partial charge in [-0.1, -0.05) is 0 Å². The summed E-state index contributed by atoms with van der Waals surface area (Å²) in [4.78, 5) is 38.9. The van der Waals surface area contributed by atoms with E-state index in [0.717, 1.165) is 0 Å². The topological polar surface area (TPSA) is 89.9 Å². The monoisotopic (exact) mass is 252 g/mol. The second-order valence-electron chi connectivity index (χ2n) is 3.92. The molecule has 0 spiro atoms. The van der Waals surface area contributed by atoms with Gasteiger partial charge in [0.1, 0.15) is 0 Å². The largest absolute Gasteiger partial charge is 0.481 e. The lowest BCUT2D eigenvalue weighted by atomic mass is 9.70. The van der Waals surface area contributed by atoms with Gasteiger partial charge in [0.2, 0.25) is 0 Å². The Balaban J connectivity index is 2.86. The van der Waals surface area contributed by atoms with Crippen LogP contribution in [0.3, 0.4) is 0 Å². The highest BCUT2D eigenvalue weighted by atomic mass is 19.3. The summed E-state index contributed by atoms with van der Waals surface area (Å²) in [6.07, 6.45) is -0.760. The number of halogens is 2. The number of carbonyl (C=O) groups is 3. The first-order chi connectivity index (χ1) is 7.97. The molecule has 1 fully saturated rings. The fourth-order valence-electron chi connectivity index (χ4n) is 2.00. The highest BCUT2D eigenvalue weighted by Crippen LogP contribution is 2.41. The van der Waals surface area contributed by atoms with Crippen LogP contribution in [0, 0.1) is 11.3 Å². The molecule has 0 heterocycles. The van der Waals surface area contributed by atoms with Gasteiger partial charge in [-0.25, -0.2) is 9.59 Å². The maximum atomic E-state index is 11.9. The molecule has 1 saturated carbocycles. The van der Waals surface area contributed by atoms with E-state index < -0.39 is 29.2 Å². The second kappa shape index (κ2) is 5.07. The molecule has 0 radical (unpaired) electrons. The van der Waals surface area contributed by atoms with Crippen molar-refractivity contribution in [3.05, 3.63) is 0 Å². The van der Waals surface area contributed by atoms with Crippen molar-refractivity contribution in [3.63, 3.8) is 0 Å². The molecule has 0 atom stereocenters. The number of rotatable bonds is 3. The minimum absolute atomic E-state index is 0.0560. The summed E-state index contributed by atoms with van der Waals surface area (Å²) in [5.41, 5.74) is -2.07. The Labute approximate surface area is 94.3 Å². The first-order valence-electron chi connectivity index (χ1n) is 4.87. The van der Waals surface area contributed by atoms with E-state index in [-0.39, 0.29) is 25.7 Å². The Morgan fingerprint density at radius 2 is 1.47 bits per heavy atom. The normalized spacial score (nSPS) is 19.4. The van der Waals surface area contributed by atoms with Crippen LogP contribution in [0.4, 0.5) is 9.05 Å². The number of carboxylic acids is 1. The molecule has 17 heavy (non-hydrogen) atoms. The summed E-state index contributed by atoms with van der Waals surface area (Å²) >= 11 is 0. The quantitative estimate of drug-likeness (QED) is 0.756. The van der Waals surface area contributed by atoms with Crippen LogP contribution in [-0.4, -0.2) is 23.0 Å². The lowest BCUT2D eigenvalue weighted by Crippen LogP contribution is -2.44. The predicted molar refractivity (Wildman–Crippen MR) is 46.4 cm³/mol. The van der Waals surface area contributed by atoms with Crippen molar-refractivity contribution in [2.45, 2.75) is 25.7 Å². The summed E-state index contributed by atoms with van der Waals surface area (Å²) in [6, 6.07) is 0. The molecule has 1 rings (SSSR count). The molecular formula is C9H10F2O6. The number of hydrogen-bond donors (Lipinski definition) is 1. The molecule has 0 aromatic heterocycles. The molecule has 0 aliphatic heterocycles. The molecule has 6 nitrogen and oxygen atoms in total. The molecule has 0 aromatic carbocycles. The van der Waals surface area contributed by atoms with Gasteiger partial charge in [0.25, 0.3) is 0 Å². The van der Waals surface area contributed by atoms with Gasteiger partial charge < -0.3 is 5.11 Å². The van der Waals surface area contributed by atoms with Gasteiger partial charge in [0.15, 0.2) is 5.41 Å². The van der Waals surface area contributed by atoms with E-state index in [1.807, 2.05) is 0 Å². The standard InChI is InChI=1S/C9H10F2O6/c10-16-7(14)9(8(15)17-11)3-1-5(2-4-9)6(12)13/h5H,1-4H2,(H,12,13). The number of carbonyl (C=O) groups excluding carboxylic acids is 2. The molecule has 1 N–H and O–H groups in total. The zero-order valence-corrected chi connectivity index (χ0v) is 8.65. The van der Waals surface area contributed by atoms with Crippen LogP contribution < -0.4 is 0 Å². The van der Waals surface area contributed by atoms with Crippen LogP contribution in [0.5, 0.6) is 0 Å². The molecule has 1 aliphatic rings. The van der Waals surface area contributed by atoms with Gasteiger partial charge in [0.05, 0.1) is 5.92 Å².